The van der Waals surface area contributed by atoms with Gasteiger partial charge >= 0.3 is 0 Å². The summed E-state index contributed by atoms with van der Waals surface area (Å²) in [6, 6.07) is 1.45. The highest BCUT2D eigenvalue weighted by Crippen LogP contribution is 2.08. The first-order chi connectivity index (χ1) is 8.57. The SMILES string of the molecule is N#CC(=N)C(=N)C(=O)C1=NCCCCCCC1=N. The predicted molar refractivity (Wildman–Crippen MR) is 69.2 cm³/mol. The fraction of sp³-hybridized carbons (Fsp3) is 0.500. The second-order valence-corrected chi connectivity index (χ2v) is 4.06. The third-order valence-corrected chi connectivity index (χ3v) is 2.69. The maximum Gasteiger partial charge on any atom is 0.233 e. The Bertz CT molecular complexity index is 469. The van der Waals surface area contributed by atoms with Crippen molar-refractivity contribution in [2.45, 2.75) is 32.1 Å². The molecule has 0 aromatic rings. The van der Waals surface area contributed by atoms with Gasteiger partial charge in [-0.25, -0.2) is 0 Å². The minimum atomic E-state index is -0.784. The molecule has 1 aliphatic rings. The second kappa shape index (κ2) is 6.55. The second-order valence-electron chi connectivity index (χ2n) is 4.06. The highest BCUT2D eigenvalue weighted by atomic mass is 16.1. The van der Waals surface area contributed by atoms with Crippen LogP contribution in [0.5, 0.6) is 0 Å². The summed E-state index contributed by atoms with van der Waals surface area (Å²) >= 11 is 0. The minimum absolute atomic E-state index is 0.0538. The van der Waals surface area contributed by atoms with E-state index in [0.29, 0.717) is 13.0 Å². The van der Waals surface area contributed by atoms with Crippen molar-refractivity contribution in [1.82, 2.24) is 0 Å². The van der Waals surface area contributed by atoms with Gasteiger partial charge in [0.2, 0.25) is 5.78 Å². The van der Waals surface area contributed by atoms with Gasteiger partial charge < -0.3 is 5.41 Å². The molecule has 0 aromatic carbocycles. The molecule has 0 saturated heterocycles. The lowest BCUT2D eigenvalue weighted by Crippen LogP contribution is -2.33. The summed E-state index contributed by atoms with van der Waals surface area (Å²) in [6.07, 6.45) is 4.16. The van der Waals surface area contributed by atoms with E-state index in [1.807, 2.05) is 0 Å². The van der Waals surface area contributed by atoms with Gasteiger partial charge in [-0.2, -0.15) is 5.26 Å². The van der Waals surface area contributed by atoms with E-state index in [0.717, 1.165) is 25.7 Å². The normalized spacial score (nSPS) is 16.6. The van der Waals surface area contributed by atoms with E-state index in [2.05, 4.69) is 4.99 Å². The van der Waals surface area contributed by atoms with Gasteiger partial charge in [0.05, 0.1) is 5.71 Å². The molecule has 1 aliphatic heterocycles. The molecule has 0 spiro atoms. The van der Waals surface area contributed by atoms with Crippen molar-refractivity contribution in [1.29, 1.82) is 21.5 Å². The number of nitriles is 1. The number of hydrogen-bond acceptors (Lipinski definition) is 6. The lowest BCUT2D eigenvalue weighted by Gasteiger charge is -2.05. The first kappa shape index (κ1) is 13.9. The molecule has 0 bridgehead atoms. The molecular formula is C12H15N5O. The van der Waals surface area contributed by atoms with Gasteiger partial charge in [-0.15, -0.1) is 0 Å². The summed E-state index contributed by atoms with van der Waals surface area (Å²) < 4.78 is 0. The number of aliphatic imine (C=N–C) groups is 1. The monoisotopic (exact) mass is 245 g/mol. The van der Waals surface area contributed by atoms with Crippen LogP contribution < -0.4 is 0 Å². The molecule has 0 aliphatic carbocycles. The molecule has 0 fully saturated rings. The van der Waals surface area contributed by atoms with E-state index in [1.165, 1.54) is 6.07 Å². The number of hydrogen-bond donors (Lipinski definition) is 3. The maximum atomic E-state index is 11.9. The molecule has 3 N–H and O–H groups in total. The smallest absolute Gasteiger partial charge is 0.233 e. The first-order valence-electron chi connectivity index (χ1n) is 5.82. The van der Waals surface area contributed by atoms with Crippen molar-refractivity contribution >= 4 is 28.6 Å². The summed E-state index contributed by atoms with van der Waals surface area (Å²) in [7, 11) is 0. The van der Waals surface area contributed by atoms with Gasteiger partial charge in [0.1, 0.15) is 17.5 Å². The largest absolute Gasteiger partial charge is 0.303 e. The Balaban J connectivity index is 2.92. The molecule has 1 heterocycles. The zero-order chi connectivity index (χ0) is 13.5. The number of rotatable bonds is 3. The molecule has 18 heavy (non-hydrogen) atoms. The highest BCUT2D eigenvalue weighted by molar-refractivity contribution is 6.89. The Hall–Kier alpha value is -2.16. The van der Waals surface area contributed by atoms with Gasteiger partial charge in [0.15, 0.2) is 5.71 Å². The maximum absolute atomic E-state index is 11.9. The van der Waals surface area contributed by atoms with Crippen LogP contribution in [-0.2, 0) is 4.79 Å². The summed E-state index contributed by atoms with van der Waals surface area (Å²) in [5.41, 5.74) is -1.31. The standard InChI is InChI=1S/C12H15N5O/c13-7-9(15)10(16)12(18)11-8(14)5-3-1-2-4-6-17-11/h14-16H,1-6H2. The molecule has 0 atom stereocenters. The van der Waals surface area contributed by atoms with Crippen molar-refractivity contribution in [3.8, 4) is 6.07 Å². The van der Waals surface area contributed by atoms with Gasteiger partial charge in [-0.3, -0.25) is 20.6 Å². The Morgan fingerprint density at radius 1 is 1.22 bits per heavy atom. The topological polar surface area (TPSA) is 125 Å². The Morgan fingerprint density at radius 2 is 1.89 bits per heavy atom. The lowest BCUT2D eigenvalue weighted by molar-refractivity contribution is -0.107. The quantitative estimate of drug-likeness (QED) is 0.652. The highest BCUT2D eigenvalue weighted by Gasteiger charge is 2.24. The number of ketones is 1. The van der Waals surface area contributed by atoms with Gasteiger partial charge in [-0.05, 0) is 19.3 Å². The van der Waals surface area contributed by atoms with Gasteiger partial charge in [0.25, 0.3) is 0 Å². The number of carbonyl (C=O) groups is 1. The summed E-state index contributed by atoms with van der Waals surface area (Å²) in [6.45, 7) is 0.455. The average Bonchev–Trinajstić information content (AvgIpc) is 2.48. The molecule has 0 radical (unpaired) electrons. The summed E-state index contributed by atoms with van der Waals surface area (Å²) in [5, 5.41) is 30.9. The van der Waals surface area contributed by atoms with E-state index in [4.69, 9.17) is 21.5 Å². The van der Waals surface area contributed by atoms with Crippen molar-refractivity contribution in [3.63, 3.8) is 0 Å². The van der Waals surface area contributed by atoms with Gasteiger partial charge in [-0.1, -0.05) is 12.8 Å². The number of Topliss-reactive ketones (excluding diaryl/α,β-unsaturated/α-hetero) is 1. The Kier molecular flexibility index (Phi) is 5.06. The van der Waals surface area contributed by atoms with Crippen molar-refractivity contribution in [2.75, 3.05) is 6.54 Å². The zero-order valence-electron chi connectivity index (χ0n) is 10.0. The fourth-order valence-corrected chi connectivity index (χ4v) is 1.67. The summed E-state index contributed by atoms with van der Waals surface area (Å²) in [4.78, 5) is 16.0. The van der Waals surface area contributed by atoms with E-state index in [1.54, 1.807) is 0 Å². The average molecular weight is 245 g/mol. The Morgan fingerprint density at radius 3 is 2.56 bits per heavy atom. The fourth-order valence-electron chi connectivity index (χ4n) is 1.67. The van der Waals surface area contributed by atoms with E-state index in [-0.39, 0.29) is 11.4 Å². The van der Waals surface area contributed by atoms with Crippen LogP contribution in [0.1, 0.15) is 32.1 Å². The third-order valence-electron chi connectivity index (χ3n) is 2.69. The van der Waals surface area contributed by atoms with Crippen LogP contribution in [0.25, 0.3) is 0 Å². The van der Waals surface area contributed by atoms with Gasteiger partial charge in [0, 0.05) is 6.54 Å². The third kappa shape index (κ3) is 3.42. The molecule has 6 heteroatoms. The van der Waals surface area contributed by atoms with Crippen LogP contribution in [0.15, 0.2) is 4.99 Å². The van der Waals surface area contributed by atoms with Crippen LogP contribution in [0.4, 0.5) is 0 Å². The van der Waals surface area contributed by atoms with Crippen molar-refractivity contribution in [3.05, 3.63) is 0 Å². The molecule has 0 amide bonds. The zero-order valence-corrected chi connectivity index (χ0v) is 10.0. The molecule has 6 nitrogen and oxygen atoms in total. The first-order valence-corrected chi connectivity index (χ1v) is 5.82. The van der Waals surface area contributed by atoms with Crippen LogP contribution in [0, 0.1) is 27.6 Å². The van der Waals surface area contributed by atoms with Crippen LogP contribution in [-0.4, -0.2) is 35.2 Å². The minimum Gasteiger partial charge on any atom is -0.303 e. The predicted octanol–water partition coefficient (Wildman–Crippen LogP) is 1.54. The van der Waals surface area contributed by atoms with Crippen LogP contribution in [0.3, 0.4) is 0 Å². The number of nitrogens with one attached hydrogen (secondary N) is 3. The molecule has 0 saturated carbocycles. The van der Waals surface area contributed by atoms with Crippen LogP contribution >= 0.6 is 0 Å². The van der Waals surface area contributed by atoms with E-state index >= 15 is 0 Å². The summed E-state index contributed by atoms with van der Waals surface area (Å²) in [5.74, 6) is -0.784. The molecule has 94 valence electrons. The van der Waals surface area contributed by atoms with Crippen LogP contribution in [0.2, 0.25) is 0 Å². The molecule has 0 aromatic heterocycles. The number of carbonyl (C=O) groups excluding carboxylic acids is 1. The lowest BCUT2D eigenvalue weighted by atomic mass is 10.0. The van der Waals surface area contributed by atoms with E-state index in [9.17, 15) is 4.79 Å². The van der Waals surface area contributed by atoms with Crippen molar-refractivity contribution in [2.24, 2.45) is 4.99 Å². The molecule has 0 unspecified atom stereocenters. The molecule has 1 rings (SSSR count). The number of nitrogens with zero attached hydrogens (tertiary/aromatic N) is 2. The van der Waals surface area contributed by atoms with Crippen molar-refractivity contribution < 1.29 is 4.79 Å². The van der Waals surface area contributed by atoms with E-state index < -0.39 is 17.2 Å². The Labute approximate surface area is 105 Å². The molecular weight excluding hydrogens is 230 g/mol.